The van der Waals surface area contributed by atoms with Crippen LogP contribution in [-0.2, 0) is 11.3 Å². The Balaban J connectivity index is 2.65. The van der Waals surface area contributed by atoms with Crippen LogP contribution in [0.25, 0.3) is 0 Å². The van der Waals surface area contributed by atoms with Crippen molar-refractivity contribution in [3.8, 4) is 11.8 Å². The van der Waals surface area contributed by atoms with Gasteiger partial charge in [-0.05, 0) is 24.2 Å². The van der Waals surface area contributed by atoms with Crippen molar-refractivity contribution >= 4 is 5.97 Å². The molecule has 3 nitrogen and oxygen atoms in total. The van der Waals surface area contributed by atoms with Gasteiger partial charge in [0.1, 0.15) is 6.42 Å². The average Bonchev–Trinajstić information content (AvgIpc) is 2.26. The first kappa shape index (κ1) is 12.3. The van der Waals surface area contributed by atoms with Gasteiger partial charge < -0.3 is 10.4 Å². The molecule has 0 unspecified atom stereocenters. The molecule has 3 heteroatoms. The molecule has 0 aliphatic carbocycles. The Morgan fingerprint density at radius 3 is 3.00 bits per heavy atom. The zero-order chi connectivity index (χ0) is 11.8. The summed E-state index contributed by atoms with van der Waals surface area (Å²) in [6.45, 7) is 3.79. The van der Waals surface area contributed by atoms with Crippen molar-refractivity contribution in [1.29, 1.82) is 0 Å². The summed E-state index contributed by atoms with van der Waals surface area (Å²) in [7, 11) is 0. The molecule has 1 aromatic carbocycles. The van der Waals surface area contributed by atoms with Crippen molar-refractivity contribution in [3.05, 3.63) is 35.4 Å². The van der Waals surface area contributed by atoms with Crippen LogP contribution in [0.1, 0.15) is 24.5 Å². The van der Waals surface area contributed by atoms with Gasteiger partial charge >= 0.3 is 5.97 Å². The Hall–Kier alpha value is -1.79. The highest BCUT2D eigenvalue weighted by Crippen LogP contribution is 2.03. The van der Waals surface area contributed by atoms with Gasteiger partial charge in [0.05, 0.1) is 0 Å². The van der Waals surface area contributed by atoms with E-state index in [2.05, 4.69) is 24.1 Å². The monoisotopic (exact) mass is 217 g/mol. The van der Waals surface area contributed by atoms with E-state index in [1.165, 1.54) is 0 Å². The van der Waals surface area contributed by atoms with E-state index < -0.39 is 5.97 Å². The molecular weight excluding hydrogens is 202 g/mol. The molecule has 1 aromatic rings. The second-order valence-corrected chi connectivity index (χ2v) is 3.35. The summed E-state index contributed by atoms with van der Waals surface area (Å²) in [5.74, 6) is 4.56. The summed E-state index contributed by atoms with van der Waals surface area (Å²) in [5.41, 5.74) is 2.01. The Morgan fingerprint density at radius 2 is 2.31 bits per heavy atom. The Morgan fingerprint density at radius 1 is 1.50 bits per heavy atom. The molecule has 0 radical (unpaired) electrons. The highest BCUT2D eigenvalue weighted by atomic mass is 16.4. The summed E-state index contributed by atoms with van der Waals surface area (Å²) in [5, 5.41) is 11.7. The number of hydrogen-bond donors (Lipinski definition) is 2. The Kier molecular flexibility index (Phi) is 5.10. The third kappa shape index (κ3) is 4.63. The molecule has 84 valence electrons. The fraction of sp³-hybridized carbons (Fsp3) is 0.308. The number of aliphatic carboxylic acids is 1. The molecule has 0 heterocycles. The van der Waals surface area contributed by atoms with E-state index in [-0.39, 0.29) is 6.42 Å². The maximum absolute atomic E-state index is 10.3. The van der Waals surface area contributed by atoms with Gasteiger partial charge in [0, 0.05) is 12.1 Å². The number of carboxylic acid groups (broad SMARTS) is 1. The predicted octanol–water partition coefficient (Wildman–Crippen LogP) is 1.62. The normalized spacial score (nSPS) is 9.31. The molecule has 0 saturated heterocycles. The first-order valence-electron chi connectivity index (χ1n) is 5.22. The molecule has 0 fully saturated rings. The molecule has 16 heavy (non-hydrogen) atoms. The van der Waals surface area contributed by atoms with E-state index in [1.807, 2.05) is 24.3 Å². The van der Waals surface area contributed by atoms with Crippen LogP contribution in [0.15, 0.2) is 24.3 Å². The minimum atomic E-state index is -0.892. The standard InChI is InChI=1S/C13H15NO2/c1-2-14-10-12-7-3-5-11(9-12)6-4-8-13(15)16/h3,5,7,9,14H,2,8,10H2,1H3,(H,15,16). The quantitative estimate of drug-likeness (QED) is 0.753. The van der Waals surface area contributed by atoms with Gasteiger partial charge in [-0.25, -0.2) is 0 Å². The van der Waals surface area contributed by atoms with Crippen molar-refractivity contribution < 1.29 is 9.90 Å². The Labute approximate surface area is 95.5 Å². The van der Waals surface area contributed by atoms with Crippen LogP contribution in [0.2, 0.25) is 0 Å². The van der Waals surface area contributed by atoms with Gasteiger partial charge in [-0.3, -0.25) is 4.79 Å². The van der Waals surface area contributed by atoms with Crippen molar-refractivity contribution in [2.45, 2.75) is 19.9 Å². The van der Waals surface area contributed by atoms with Crippen LogP contribution < -0.4 is 5.32 Å². The smallest absolute Gasteiger partial charge is 0.315 e. The average molecular weight is 217 g/mol. The van der Waals surface area contributed by atoms with E-state index in [0.29, 0.717) is 0 Å². The van der Waals surface area contributed by atoms with E-state index in [4.69, 9.17) is 5.11 Å². The molecular formula is C13H15NO2. The van der Waals surface area contributed by atoms with Crippen LogP contribution in [0.3, 0.4) is 0 Å². The first-order valence-corrected chi connectivity index (χ1v) is 5.22. The summed E-state index contributed by atoms with van der Waals surface area (Å²) in [6.07, 6.45) is -0.114. The summed E-state index contributed by atoms with van der Waals surface area (Å²) in [6, 6.07) is 7.80. The van der Waals surface area contributed by atoms with Gasteiger partial charge in [-0.1, -0.05) is 30.9 Å². The topological polar surface area (TPSA) is 49.3 Å². The number of benzene rings is 1. The molecule has 0 aliphatic heterocycles. The van der Waals surface area contributed by atoms with Crippen molar-refractivity contribution in [3.63, 3.8) is 0 Å². The summed E-state index contributed by atoms with van der Waals surface area (Å²) in [4.78, 5) is 10.3. The van der Waals surface area contributed by atoms with Gasteiger partial charge in [0.25, 0.3) is 0 Å². The van der Waals surface area contributed by atoms with Gasteiger partial charge in [0.15, 0.2) is 0 Å². The van der Waals surface area contributed by atoms with Crippen molar-refractivity contribution in [1.82, 2.24) is 5.32 Å². The predicted molar refractivity (Wildman–Crippen MR) is 63.0 cm³/mol. The highest BCUT2D eigenvalue weighted by Gasteiger charge is 1.93. The van der Waals surface area contributed by atoms with Crippen LogP contribution in [0, 0.1) is 11.8 Å². The molecule has 0 spiro atoms. The fourth-order valence-corrected chi connectivity index (χ4v) is 1.25. The van der Waals surface area contributed by atoms with E-state index >= 15 is 0 Å². The second kappa shape index (κ2) is 6.65. The van der Waals surface area contributed by atoms with E-state index in [0.717, 1.165) is 24.2 Å². The third-order valence-corrected chi connectivity index (χ3v) is 1.98. The second-order valence-electron chi connectivity index (χ2n) is 3.35. The molecule has 0 atom stereocenters. The van der Waals surface area contributed by atoms with Crippen LogP contribution in [-0.4, -0.2) is 17.6 Å². The number of carbonyl (C=O) groups is 1. The largest absolute Gasteiger partial charge is 0.481 e. The zero-order valence-electron chi connectivity index (χ0n) is 9.29. The molecule has 2 N–H and O–H groups in total. The van der Waals surface area contributed by atoms with Gasteiger partial charge in [-0.15, -0.1) is 0 Å². The van der Waals surface area contributed by atoms with Crippen LogP contribution in [0.5, 0.6) is 0 Å². The minimum absolute atomic E-state index is 0.114. The maximum atomic E-state index is 10.3. The highest BCUT2D eigenvalue weighted by molar-refractivity contribution is 5.70. The number of hydrogen-bond acceptors (Lipinski definition) is 2. The van der Waals surface area contributed by atoms with E-state index in [1.54, 1.807) is 0 Å². The molecule has 0 aliphatic rings. The summed E-state index contributed by atoms with van der Waals surface area (Å²) < 4.78 is 0. The van der Waals surface area contributed by atoms with Gasteiger partial charge in [0.2, 0.25) is 0 Å². The fourth-order valence-electron chi connectivity index (χ4n) is 1.25. The van der Waals surface area contributed by atoms with E-state index in [9.17, 15) is 4.79 Å². The third-order valence-electron chi connectivity index (χ3n) is 1.98. The molecule has 0 saturated carbocycles. The zero-order valence-corrected chi connectivity index (χ0v) is 9.29. The van der Waals surface area contributed by atoms with Crippen LogP contribution in [0.4, 0.5) is 0 Å². The molecule has 0 bridgehead atoms. The minimum Gasteiger partial charge on any atom is -0.481 e. The number of carboxylic acids is 1. The SMILES string of the molecule is CCNCc1cccc(C#CCC(=O)O)c1. The molecule has 0 amide bonds. The summed E-state index contributed by atoms with van der Waals surface area (Å²) >= 11 is 0. The Bertz CT molecular complexity index is 415. The van der Waals surface area contributed by atoms with Crippen LogP contribution >= 0.6 is 0 Å². The van der Waals surface area contributed by atoms with Crippen molar-refractivity contribution in [2.24, 2.45) is 0 Å². The lowest BCUT2D eigenvalue weighted by Gasteiger charge is -2.01. The van der Waals surface area contributed by atoms with Gasteiger partial charge in [-0.2, -0.15) is 0 Å². The molecule has 0 aromatic heterocycles. The lowest BCUT2D eigenvalue weighted by atomic mass is 10.1. The maximum Gasteiger partial charge on any atom is 0.315 e. The lowest BCUT2D eigenvalue weighted by Crippen LogP contribution is -2.11. The van der Waals surface area contributed by atoms with Crippen molar-refractivity contribution in [2.75, 3.05) is 6.54 Å². The number of nitrogens with one attached hydrogen (secondary N) is 1. The first-order chi connectivity index (χ1) is 7.72. The molecule has 1 rings (SSSR count). The lowest BCUT2D eigenvalue weighted by molar-refractivity contribution is -0.135. The number of rotatable bonds is 4.